The Morgan fingerprint density at radius 3 is 2.65 bits per heavy atom. The van der Waals surface area contributed by atoms with E-state index in [9.17, 15) is 4.79 Å². The second-order valence-corrected chi connectivity index (χ2v) is 4.69. The molecule has 0 saturated carbocycles. The Kier molecular flexibility index (Phi) is 3.40. The number of carbonyl (C=O) groups excluding carboxylic acids is 1. The molecular weight excluding hydrogens is 226 g/mol. The van der Waals surface area contributed by atoms with E-state index in [1.807, 2.05) is 6.92 Å². The highest BCUT2D eigenvalue weighted by atomic mass is 16.7. The van der Waals surface area contributed by atoms with Gasteiger partial charge in [0.2, 0.25) is 5.91 Å². The van der Waals surface area contributed by atoms with Crippen LogP contribution in [0.5, 0.6) is 0 Å². The molecule has 2 aliphatic heterocycles. The Bertz CT molecular complexity index is 310. The van der Waals surface area contributed by atoms with Crippen molar-refractivity contribution in [3.05, 3.63) is 0 Å². The van der Waals surface area contributed by atoms with Crippen LogP contribution < -0.4 is 5.32 Å². The van der Waals surface area contributed by atoms with E-state index in [-0.39, 0.29) is 24.2 Å². The van der Waals surface area contributed by atoms with Crippen LogP contribution in [0.2, 0.25) is 0 Å². The molecule has 2 fully saturated rings. The van der Waals surface area contributed by atoms with E-state index in [0.717, 1.165) is 0 Å². The number of nitrogens with one attached hydrogen (secondary N) is 1. The van der Waals surface area contributed by atoms with Crippen molar-refractivity contribution in [1.82, 2.24) is 5.32 Å². The van der Waals surface area contributed by atoms with Gasteiger partial charge in [-0.25, -0.2) is 0 Å². The third kappa shape index (κ3) is 2.06. The molecule has 2 aliphatic rings. The van der Waals surface area contributed by atoms with Gasteiger partial charge in [0.15, 0.2) is 6.29 Å². The summed E-state index contributed by atoms with van der Waals surface area (Å²) in [6.07, 6.45) is -1.03. The molecule has 0 unspecified atom stereocenters. The van der Waals surface area contributed by atoms with E-state index in [4.69, 9.17) is 18.9 Å². The van der Waals surface area contributed by atoms with E-state index in [2.05, 4.69) is 5.32 Å². The van der Waals surface area contributed by atoms with Crippen LogP contribution in [0.25, 0.3) is 0 Å². The number of amides is 1. The van der Waals surface area contributed by atoms with Gasteiger partial charge in [0, 0.05) is 21.1 Å². The summed E-state index contributed by atoms with van der Waals surface area (Å²) in [6, 6.07) is -0.349. The Labute approximate surface area is 101 Å². The van der Waals surface area contributed by atoms with Crippen LogP contribution in [0.15, 0.2) is 0 Å². The summed E-state index contributed by atoms with van der Waals surface area (Å²) in [5.41, 5.74) is -0.519. The first-order valence-corrected chi connectivity index (χ1v) is 5.64. The number of rotatable bonds is 3. The van der Waals surface area contributed by atoms with Crippen molar-refractivity contribution in [3.63, 3.8) is 0 Å². The predicted molar refractivity (Wildman–Crippen MR) is 58.4 cm³/mol. The highest BCUT2D eigenvalue weighted by molar-refractivity contribution is 5.73. The third-order valence-corrected chi connectivity index (χ3v) is 3.36. The van der Waals surface area contributed by atoms with Crippen LogP contribution in [0, 0.1) is 0 Å². The molecule has 0 aromatic heterocycles. The highest BCUT2D eigenvalue weighted by Crippen LogP contribution is 2.38. The van der Waals surface area contributed by atoms with Gasteiger partial charge in [-0.15, -0.1) is 0 Å². The Balaban J connectivity index is 2.24. The number of ether oxygens (including phenoxy) is 4. The van der Waals surface area contributed by atoms with Gasteiger partial charge in [-0.05, 0) is 6.92 Å². The molecule has 5 atom stereocenters. The molecule has 0 radical (unpaired) electrons. The maximum absolute atomic E-state index is 11.2. The van der Waals surface area contributed by atoms with Gasteiger partial charge >= 0.3 is 0 Å². The fourth-order valence-electron chi connectivity index (χ4n) is 2.64. The summed E-state index contributed by atoms with van der Waals surface area (Å²) >= 11 is 0. The minimum absolute atomic E-state index is 0.144. The number of hydrogen-bond donors (Lipinski definition) is 1. The molecule has 1 amide bonds. The Morgan fingerprint density at radius 1 is 1.41 bits per heavy atom. The van der Waals surface area contributed by atoms with Gasteiger partial charge < -0.3 is 24.3 Å². The fraction of sp³-hybridized carbons (Fsp3) is 0.909. The molecule has 6 nitrogen and oxygen atoms in total. The van der Waals surface area contributed by atoms with Crippen molar-refractivity contribution in [2.45, 2.75) is 44.0 Å². The number of methoxy groups -OCH3 is 2. The van der Waals surface area contributed by atoms with Crippen molar-refractivity contribution in [2.75, 3.05) is 20.8 Å². The molecule has 98 valence electrons. The van der Waals surface area contributed by atoms with Gasteiger partial charge in [0.1, 0.15) is 23.9 Å². The van der Waals surface area contributed by atoms with Crippen LogP contribution in [-0.4, -0.2) is 56.9 Å². The van der Waals surface area contributed by atoms with E-state index in [1.165, 1.54) is 6.92 Å². The fourth-order valence-corrected chi connectivity index (χ4v) is 2.64. The average Bonchev–Trinajstić information content (AvgIpc) is 2.61. The zero-order valence-corrected chi connectivity index (χ0v) is 10.6. The number of hydrogen-bond acceptors (Lipinski definition) is 5. The Morgan fingerprint density at radius 2 is 2.12 bits per heavy atom. The van der Waals surface area contributed by atoms with Crippen LogP contribution in [-0.2, 0) is 23.7 Å². The van der Waals surface area contributed by atoms with Crippen LogP contribution >= 0.6 is 0 Å². The van der Waals surface area contributed by atoms with E-state index in [1.54, 1.807) is 14.2 Å². The molecule has 2 saturated heterocycles. The number of carbonyl (C=O) groups is 1. The molecule has 2 bridgehead atoms. The first-order chi connectivity index (χ1) is 8.01. The predicted octanol–water partition coefficient (Wildman–Crippen LogP) is -0.334. The standard InChI is InChI=1S/C11H19NO5/c1-6(13)12-7-8(14-3)9(15-4)11(2)5-16-10(7)17-11/h7-10H,5H2,1-4H3,(H,12,13)/t7-,8-,9-,10+,11+/m1/s1. The van der Waals surface area contributed by atoms with Gasteiger partial charge in [-0.3, -0.25) is 4.79 Å². The second-order valence-electron chi connectivity index (χ2n) is 4.69. The second kappa shape index (κ2) is 4.53. The van der Waals surface area contributed by atoms with Crippen molar-refractivity contribution in [3.8, 4) is 0 Å². The monoisotopic (exact) mass is 245 g/mol. The lowest BCUT2D eigenvalue weighted by molar-refractivity contribution is -0.231. The molecule has 0 aromatic carbocycles. The van der Waals surface area contributed by atoms with Gasteiger partial charge in [-0.2, -0.15) is 0 Å². The third-order valence-electron chi connectivity index (χ3n) is 3.36. The maximum Gasteiger partial charge on any atom is 0.217 e. The van der Waals surface area contributed by atoms with E-state index < -0.39 is 11.9 Å². The summed E-state index contributed by atoms with van der Waals surface area (Å²) in [5, 5.41) is 2.80. The molecule has 0 aliphatic carbocycles. The summed E-state index contributed by atoms with van der Waals surface area (Å²) < 4.78 is 22.3. The van der Waals surface area contributed by atoms with Gasteiger partial charge in [-0.1, -0.05) is 0 Å². The Hall–Kier alpha value is -0.690. The lowest BCUT2D eigenvalue weighted by atomic mass is 9.89. The van der Waals surface area contributed by atoms with Crippen molar-refractivity contribution >= 4 is 5.91 Å². The summed E-state index contributed by atoms with van der Waals surface area (Å²) in [6.45, 7) is 3.82. The summed E-state index contributed by atoms with van der Waals surface area (Å²) in [7, 11) is 3.20. The van der Waals surface area contributed by atoms with Crippen LogP contribution in [0.4, 0.5) is 0 Å². The van der Waals surface area contributed by atoms with E-state index >= 15 is 0 Å². The number of fused-ring (bicyclic) bond motifs is 2. The summed E-state index contributed by atoms with van der Waals surface area (Å²) in [4.78, 5) is 11.2. The maximum atomic E-state index is 11.2. The highest BCUT2D eigenvalue weighted by Gasteiger charge is 2.58. The molecule has 17 heavy (non-hydrogen) atoms. The molecule has 2 heterocycles. The minimum atomic E-state index is -0.519. The van der Waals surface area contributed by atoms with Crippen molar-refractivity contribution < 1.29 is 23.7 Å². The molecule has 6 heteroatoms. The molecule has 0 aromatic rings. The van der Waals surface area contributed by atoms with Crippen molar-refractivity contribution in [1.29, 1.82) is 0 Å². The minimum Gasteiger partial charge on any atom is -0.376 e. The van der Waals surface area contributed by atoms with Gasteiger partial charge in [0.05, 0.1) is 6.61 Å². The smallest absolute Gasteiger partial charge is 0.217 e. The van der Waals surface area contributed by atoms with Crippen molar-refractivity contribution in [2.24, 2.45) is 0 Å². The first-order valence-electron chi connectivity index (χ1n) is 5.64. The quantitative estimate of drug-likeness (QED) is 0.737. The topological polar surface area (TPSA) is 66.0 Å². The summed E-state index contributed by atoms with van der Waals surface area (Å²) in [5.74, 6) is -0.144. The SMILES string of the molecule is CO[C@@H]1[C@@H](NC(C)=O)[C@H]2OC[C@](C)(O2)[C@@H]1OC. The lowest BCUT2D eigenvalue weighted by Gasteiger charge is -2.44. The normalized spacial score (nSPS) is 44.7. The zero-order chi connectivity index (χ0) is 12.6. The first kappa shape index (κ1) is 12.8. The van der Waals surface area contributed by atoms with Gasteiger partial charge in [0.25, 0.3) is 0 Å². The average molecular weight is 245 g/mol. The van der Waals surface area contributed by atoms with Crippen LogP contribution in [0.1, 0.15) is 13.8 Å². The molecule has 2 rings (SSSR count). The molecule has 1 N–H and O–H groups in total. The molecular formula is C11H19NO5. The van der Waals surface area contributed by atoms with Crippen LogP contribution in [0.3, 0.4) is 0 Å². The largest absolute Gasteiger partial charge is 0.376 e. The molecule has 0 spiro atoms. The zero-order valence-electron chi connectivity index (χ0n) is 10.6. The lowest BCUT2D eigenvalue weighted by Crippen LogP contribution is -2.65. The van der Waals surface area contributed by atoms with E-state index in [0.29, 0.717) is 6.61 Å².